The van der Waals surface area contributed by atoms with Gasteiger partial charge in [-0.25, -0.2) is 24.3 Å². The maximum Gasteiger partial charge on any atom is 0.263 e. The molecule has 1 atom stereocenters. The molecule has 0 spiro atoms. The zero-order valence-corrected chi connectivity index (χ0v) is 15.9. The van der Waals surface area contributed by atoms with Gasteiger partial charge in [0.25, 0.3) is 5.88 Å². The van der Waals surface area contributed by atoms with Crippen LogP contribution in [-0.2, 0) is 0 Å². The number of nitrogens with zero attached hydrogens (tertiary/aromatic N) is 4. The highest BCUT2D eigenvalue weighted by molar-refractivity contribution is 5.55. The smallest absolute Gasteiger partial charge is 0.263 e. The van der Waals surface area contributed by atoms with Crippen LogP contribution in [0.1, 0.15) is 12.8 Å². The molecule has 4 rings (SSSR count). The molecular formula is C20H21FN6O2. The fraction of sp³-hybridized carbons (Fsp3) is 0.300. The summed E-state index contributed by atoms with van der Waals surface area (Å²) in [6.45, 7) is 1.67. The molecule has 0 saturated carbocycles. The molecule has 0 unspecified atom stereocenters. The third-order valence-electron chi connectivity index (χ3n) is 4.56. The third-order valence-corrected chi connectivity index (χ3v) is 4.56. The monoisotopic (exact) mass is 396 g/mol. The van der Waals surface area contributed by atoms with E-state index < -0.39 is 5.82 Å². The number of hydrogen-bond donors (Lipinski definition) is 2. The normalized spacial score (nSPS) is 15.9. The van der Waals surface area contributed by atoms with Crippen molar-refractivity contribution < 1.29 is 13.9 Å². The van der Waals surface area contributed by atoms with Crippen molar-refractivity contribution >= 4 is 5.82 Å². The van der Waals surface area contributed by atoms with Gasteiger partial charge >= 0.3 is 0 Å². The standard InChI is InChI=1S/C20H21FN6O2/c1-28-14-5-6-17(15(21)10-14)29-20-19(25-11-13-4-2-7-22-13)26-12-16(27-20)18-23-8-3-9-24-18/h3,5-6,8-10,12-13,22H,2,4,7,11H2,1H3,(H,25,26)/t13-/m0/s1. The third kappa shape index (κ3) is 4.57. The molecule has 1 fully saturated rings. The van der Waals surface area contributed by atoms with Crippen molar-refractivity contribution in [3.63, 3.8) is 0 Å². The zero-order chi connectivity index (χ0) is 20.1. The van der Waals surface area contributed by atoms with Gasteiger partial charge in [0, 0.05) is 31.0 Å². The van der Waals surface area contributed by atoms with Crippen molar-refractivity contribution in [2.75, 3.05) is 25.5 Å². The summed E-state index contributed by atoms with van der Waals surface area (Å²) < 4.78 is 25.2. The van der Waals surface area contributed by atoms with Crippen molar-refractivity contribution in [3.8, 4) is 28.9 Å². The van der Waals surface area contributed by atoms with Gasteiger partial charge in [-0.05, 0) is 37.6 Å². The van der Waals surface area contributed by atoms with E-state index in [9.17, 15) is 4.39 Å². The Morgan fingerprint density at radius 1 is 1.24 bits per heavy atom. The van der Waals surface area contributed by atoms with Crippen molar-refractivity contribution in [1.82, 2.24) is 25.3 Å². The first kappa shape index (κ1) is 19.0. The molecule has 3 aromatic rings. The van der Waals surface area contributed by atoms with Crippen LogP contribution in [0, 0.1) is 5.82 Å². The highest BCUT2D eigenvalue weighted by Gasteiger charge is 2.18. The van der Waals surface area contributed by atoms with E-state index in [1.54, 1.807) is 30.7 Å². The Morgan fingerprint density at radius 3 is 2.83 bits per heavy atom. The van der Waals surface area contributed by atoms with Crippen molar-refractivity contribution in [1.29, 1.82) is 0 Å². The van der Waals surface area contributed by atoms with Gasteiger partial charge in [-0.15, -0.1) is 0 Å². The Kier molecular flexibility index (Phi) is 5.76. The molecule has 8 nitrogen and oxygen atoms in total. The van der Waals surface area contributed by atoms with Gasteiger partial charge in [0.2, 0.25) is 0 Å². The summed E-state index contributed by atoms with van der Waals surface area (Å²) in [4.78, 5) is 17.3. The Morgan fingerprint density at radius 2 is 2.10 bits per heavy atom. The SMILES string of the molecule is COc1ccc(Oc2nc(-c3ncccn3)cnc2NC[C@@H]2CCCN2)c(F)c1. The molecule has 1 saturated heterocycles. The number of hydrogen-bond acceptors (Lipinski definition) is 8. The van der Waals surface area contributed by atoms with E-state index in [1.807, 2.05) is 0 Å². The molecule has 1 aliphatic heterocycles. The summed E-state index contributed by atoms with van der Waals surface area (Å²) in [6, 6.07) is 6.42. The van der Waals surface area contributed by atoms with Gasteiger partial charge in [-0.3, -0.25) is 0 Å². The van der Waals surface area contributed by atoms with E-state index in [1.165, 1.54) is 19.2 Å². The molecule has 1 aliphatic rings. The number of aromatic nitrogens is 4. The first-order chi connectivity index (χ1) is 14.2. The summed E-state index contributed by atoms with van der Waals surface area (Å²) in [5.74, 6) is 0.844. The lowest BCUT2D eigenvalue weighted by molar-refractivity contribution is 0.399. The quantitative estimate of drug-likeness (QED) is 0.629. The van der Waals surface area contributed by atoms with Crippen LogP contribution in [0.15, 0.2) is 42.9 Å². The topological polar surface area (TPSA) is 94.1 Å². The largest absolute Gasteiger partial charge is 0.497 e. The minimum Gasteiger partial charge on any atom is -0.497 e. The number of halogens is 1. The van der Waals surface area contributed by atoms with E-state index in [0.717, 1.165) is 19.4 Å². The maximum absolute atomic E-state index is 14.4. The lowest BCUT2D eigenvalue weighted by Gasteiger charge is -2.15. The first-order valence-electron chi connectivity index (χ1n) is 9.36. The van der Waals surface area contributed by atoms with Gasteiger partial charge in [0.05, 0.1) is 13.3 Å². The van der Waals surface area contributed by atoms with E-state index in [4.69, 9.17) is 9.47 Å². The number of anilines is 1. The second kappa shape index (κ2) is 8.78. The number of nitrogens with one attached hydrogen (secondary N) is 2. The molecule has 3 heterocycles. The predicted octanol–water partition coefficient (Wildman–Crippen LogP) is 3.04. The lowest BCUT2D eigenvalue weighted by atomic mass is 10.2. The van der Waals surface area contributed by atoms with Crippen LogP contribution in [-0.4, -0.2) is 46.2 Å². The van der Waals surface area contributed by atoms with Crippen molar-refractivity contribution in [2.45, 2.75) is 18.9 Å². The molecule has 0 amide bonds. The predicted molar refractivity (Wildman–Crippen MR) is 106 cm³/mol. The fourth-order valence-corrected chi connectivity index (χ4v) is 3.05. The molecule has 0 aliphatic carbocycles. The number of rotatable bonds is 7. The Hall–Kier alpha value is -3.33. The van der Waals surface area contributed by atoms with Crippen LogP contribution in [0.5, 0.6) is 17.4 Å². The molecule has 2 aromatic heterocycles. The van der Waals surface area contributed by atoms with Crippen LogP contribution < -0.4 is 20.1 Å². The van der Waals surface area contributed by atoms with Gasteiger partial charge in [-0.2, -0.15) is 0 Å². The van der Waals surface area contributed by atoms with Crippen LogP contribution in [0.25, 0.3) is 11.5 Å². The Bertz CT molecular complexity index is 966. The summed E-state index contributed by atoms with van der Waals surface area (Å²) >= 11 is 0. The lowest BCUT2D eigenvalue weighted by Crippen LogP contribution is -2.29. The second-order valence-electron chi connectivity index (χ2n) is 6.55. The van der Waals surface area contributed by atoms with Crippen molar-refractivity contribution in [2.24, 2.45) is 0 Å². The molecule has 0 bridgehead atoms. The summed E-state index contributed by atoms with van der Waals surface area (Å²) in [6.07, 6.45) is 7.02. The minimum atomic E-state index is -0.559. The molecule has 9 heteroatoms. The van der Waals surface area contributed by atoms with Crippen LogP contribution in [0.2, 0.25) is 0 Å². The number of benzene rings is 1. The van der Waals surface area contributed by atoms with E-state index in [2.05, 4.69) is 30.6 Å². The van der Waals surface area contributed by atoms with Crippen LogP contribution in [0.3, 0.4) is 0 Å². The average molecular weight is 396 g/mol. The molecule has 0 radical (unpaired) electrons. The molecule has 150 valence electrons. The van der Waals surface area contributed by atoms with Gasteiger partial charge in [0.1, 0.15) is 11.4 Å². The van der Waals surface area contributed by atoms with E-state index in [-0.39, 0.29) is 11.6 Å². The minimum absolute atomic E-state index is 0.0215. The first-order valence-corrected chi connectivity index (χ1v) is 9.36. The van der Waals surface area contributed by atoms with E-state index in [0.29, 0.717) is 35.7 Å². The summed E-state index contributed by atoms with van der Waals surface area (Å²) in [7, 11) is 1.48. The zero-order valence-electron chi connectivity index (χ0n) is 15.9. The fourth-order valence-electron chi connectivity index (χ4n) is 3.05. The molecule has 1 aromatic carbocycles. The maximum atomic E-state index is 14.4. The Balaban J connectivity index is 1.63. The molecular weight excluding hydrogens is 375 g/mol. The molecule has 29 heavy (non-hydrogen) atoms. The number of ether oxygens (including phenoxy) is 2. The Labute approximate surface area is 167 Å². The summed E-state index contributed by atoms with van der Waals surface area (Å²) in [5.41, 5.74) is 0.430. The van der Waals surface area contributed by atoms with Gasteiger partial charge in [-0.1, -0.05) is 0 Å². The van der Waals surface area contributed by atoms with E-state index >= 15 is 0 Å². The highest BCUT2D eigenvalue weighted by atomic mass is 19.1. The number of methoxy groups -OCH3 is 1. The second-order valence-corrected chi connectivity index (χ2v) is 6.55. The van der Waals surface area contributed by atoms with Gasteiger partial charge < -0.3 is 20.1 Å². The van der Waals surface area contributed by atoms with Crippen molar-refractivity contribution in [3.05, 3.63) is 48.7 Å². The van der Waals surface area contributed by atoms with Crippen LogP contribution >= 0.6 is 0 Å². The highest BCUT2D eigenvalue weighted by Crippen LogP contribution is 2.31. The van der Waals surface area contributed by atoms with Crippen LogP contribution in [0.4, 0.5) is 10.2 Å². The summed E-state index contributed by atoms with van der Waals surface area (Å²) in [5, 5.41) is 6.66. The van der Waals surface area contributed by atoms with Gasteiger partial charge in [0.15, 0.2) is 23.2 Å². The average Bonchev–Trinajstić information content (AvgIpc) is 3.28. The molecule has 2 N–H and O–H groups in total.